The van der Waals surface area contributed by atoms with E-state index in [1.165, 1.54) is 4.68 Å². The summed E-state index contributed by atoms with van der Waals surface area (Å²) in [5.41, 5.74) is -1.04. The van der Waals surface area contributed by atoms with Crippen LogP contribution in [-0.4, -0.2) is 28.4 Å². The Morgan fingerprint density at radius 2 is 2.10 bits per heavy atom. The summed E-state index contributed by atoms with van der Waals surface area (Å²) in [6, 6.07) is 6.65. The Labute approximate surface area is 176 Å². The van der Waals surface area contributed by atoms with Gasteiger partial charge < -0.3 is 10.1 Å². The van der Waals surface area contributed by atoms with E-state index in [1.54, 1.807) is 24.3 Å². The Balaban J connectivity index is 1.71. The van der Waals surface area contributed by atoms with Gasteiger partial charge >= 0.3 is 6.18 Å². The zero-order valence-corrected chi connectivity index (χ0v) is 17.1. The monoisotopic (exact) mass is 440 g/mol. The number of alkyl halides is 3. The number of nitrogens with two attached hydrogens (primary N) is 1. The van der Waals surface area contributed by atoms with Crippen molar-refractivity contribution in [2.24, 2.45) is 5.14 Å². The summed E-state index contributed by atoms with van der Waals surface area (Å²) in [5.74, 6) is -1.09. The maximum absolute atomic E-state index is 14.0. The molecule has 1 unspecified atom stereocenters. The first kappa shape index (κ1) is 21.2. The predicted octanol–water partition coefficient (Wildman–Crippen LogP) is 4.57. The molecule has 10 heteroatoms. The molecule has 1 saturated heterocycles. The quantitative estimate of drug-likeness (QED) is 0.644. The molecule has 1 aliphatic carbocycles. The topological polar surface area (TPSA) is 82.2 Å². The summed E-state index contributed by atoms with van der Waals surface area (Å²) in [7, 11) is 0. The molecule has 162 valence electrons. The lowest BCUT2D eigenvalue weighted by Crippen LogP contribution is -2.29. The summed E-state index contributed by atoms with van der Waals surface area (Å²) in [6.45, 7) is 0.690. The van der Waals surface area contributed by atoms with Crippen molar-refractivity contribution in [1.82, 2.24) is 9.78 Å². The number of amides is 1. The van der Waals surface area contributed by atoms with Gasteiger partial charge in [0.2, 0.25) is 0 Å². The number of halogens is 3. The zero-order valence-electron chi connectivity index (χ0n) is 16.2. The number of ether oxygens (including phenoxy) is 1. The molecule has 1 saturated carbocycles. The van der Waals surface area contributed by atoms with Crippen LogP contribution in [0.1, 0.15) is 59.8 Å². The third-order valence-corrected chi connectivity index (χ3v) is 5.85. The van der Waals surface area contributed by atoms with Crippen LogP contribution in [0.15, 0.2) is 29.2 Å². The maximum atomic E-state index is 14.0. The molecule has 1 aromatic heterocycles. The Morgan fingerprint density at radius 1 is 1.30 bits per heavy atom. The molecule has 1 atom stereocenters. The maximum Gasteiger partial charge on any atom is 0.420 e. The fourth-order valence-electron chi connectivity index (χ4n) is 3.75. The average molecular weight is 440 g/mol. The van der Waals surface area contributed by atoms with E-state index in [2.05, 4.69) is 10.4 Å². The molecule has 0 radical (unpaired) electrons. The molecule has 4 rings (SSSR count). The number of hydrogen-bond donors (Lipinski definition) is 2. The molecular formula is C20H23F3N4O2S. The Morgan fingerprint density at radius 3 is 2.73 bits per heavy atom. The molecular weight excluding hydrogens is 417 g/mol. The standard InChI is InChI=1S/C20H23F3N4O2S/c21-20(22,23)16-17(12-7-8-12)26-27(11-14-5-1-2-9-29-14)18(16)19(28)25-13-4-3-6-15(10-13)30-24/h3-4,6,10,12,14H,1-2,5,7-9,11,24H2,(H,25,28). The molecule has 1 aliphatic heterocycles. The van der Waals surface area contributed by atoms with E-state index in [9.17, 15) is 18.0 Å². The second-order valence-corrected chi connectivity index (χ2v) is 8.36. The molecule has 2 aliphatic rings. The number of aromatic nitrogens is 2. The third-order valence-electron chi connectivity index (χ3n) is 5.32. The number of carbonyl (C=O) groups excluding carboxylic acids is 1. The summed E-state index contributed by atoms with van der Waals surface area (Å²) in [6.07, 6.45) is -1.02. The molecule has 3 N–H and O–H groups in total. The van der Waals surface area contributed by atoms with Gasteiger partial charge in [-0.15, -0.1) is 0 Å². The summed E-state index contributed by atoms with van der Waals surface area (Å²) in [4.78, 5) is 13.7. The van der Waals surface area contributed by atoms with Crippen molar-refractivity contribution >= 4 is 23.5 Å². The molecule has 30 heavy (non-hydrogen) atoms. The molecule has 0 spiro atoms. The van der Waals surface area contributed by atoms with Crippen LogP contribution in [0.5, 0.6) is 0 Å². The van der Waals surface area contributed by atoms with Gasteiger partial charge in [0, 0.05) is 23.1 Å². The Kier molecular flexibility index (Phi) is 6.08. The minimum atomic E-state index is -4.68. The predicted molar refractivity (Wildman–Crippen MR) is 107 cm³/mol. The number of benzene rings is 1. The molecule has 1 amide bonds. The number of anilines is 1. The van der Waals surface area contributed by atoms with Crippen molar-refractivity contribution in [1.29, 1.82) is 0 Å². The largest absolute Gasteiger partial charge is 0.420 e. The van der Waals surface area contributed by atoms with Crippen molar-refractivity contribution in [2.75, 3.05) is 11.9 Å². The average Bonchev–Trinajstić information content (AvgIpc) is 3.49. The van der Waals surface area contributed by atoms with E-state index in [-0.39, 0.29) is 24.3 Å². The van der Waals surface area contributed by atoms with Gasteiger partial charge in [0.05, 0.1) is 18.3 Å². The minimum Gasteiger partial charge on any atom is -0.376 e. The smallest absolute Gasteiger partial charge is 0.376 e. The van der Waals surface area contributed by atoms with Gasteiger partial charge in [-0.3, -0.25) is 14.6 Å². The van der Waals surface area contributed by atoms with E-state index in [1.807, 2.05) is 0 Å². The lowest BCUT2D eigenvalue weighted by atomic mass is 10.1. The number of carbonyl (C=O) groups is 1. The first-order valence-corrected chi connectivity index (χ1v) is 10.8. The fraction of sp³-hybridized carbons (Fsp3) is 0.500. The first-order chi connectivity index (χ1) is 14.4. The second-order valence-electron chi connectivity index (χ2n) is 7.65. The molecule has 2 fully saturated rings. The van der Waals surface area contributed by atoms with E-state index >= 15 is 0 Å². The highest BCUT2D eigenvalue weighted by molar-refractivity contribution is 7.97. The Hall–Kier alpha value is -2.04. The SMILES string of the molecule is NSc1cccc(NC(=O)c2c(C(F)(F)F)c(C3CC3)nn2CC2CCCCO2)c1. The van der Waals surface area contributed by atoms with Gasteiger partial charge in [-0.1, -0.05) is 6.07 Å². The van der Waals surface area contributed by atoms with E-state index in [0.717, 1.165) is 31.2 Å². The van der Waals surface area contributed by atoms with Crippen molar-refractivity contribution in [3.63, 3.8) is 0 Å². The van der Waals surface area contributed by atoms with Crippen LogP contribution in [0.25, 0.3) is 0 Å². The van der Waals surface area contributed by atoms with Gasteiger partial charge in [0.1, 0.15) is 11.3 Å². The van der Waals surface area contributed by atoms with E-state index < -0.39 is 23.3 Å². The molecule has 6 nitrogen and oxygen atoms in total. The zero-order chi connectivity index (χ0) is 21.3. The number of rotatable bonds is 6. The van der Waals surface area contributed by atoms with E-state index in [4.69, 9.17) is 9.88 Å². The highest BCUT2D eigenvalue weighted by atomic mass is 32.2. The van der Waals surface area contributed by atoms with Crippen molar-refractivity contribution < 1.29 is 22.7 Å². The van der Waals surface area contributed by atoms with Gasteiger partial charge in [-0.2, -0.15) is 18.3 Å². The fourth-order valence-corrected chi connectivity index (χ4v) is 4.10. The lowest BCUT2D eigenvalue weighted by molar-refractivity contribution is -0.138. The van der Waals surface area contributed by atoms with Crippen LogP contribution in [0.4, 0.5) is 18.9 Å². The summed E-state index contributed by atoms with van der Waals surface area (Å²) in [5, 5.41) is 12.4. The molecule has 2 heterocycles. The van der Waals surface area contributed by atoms with Gasteiger partial charge in [0.15, 0.2) is 0 Å². The van der Waals surface area contributed by atoms with Crippen LogP contribution in [0.2, 0.25) is 0 Å². The van der Waals surface area contributed by atoms with E-state index in [0.29, 0.717) is 30.0 Å². The number of hydrogen-bond acceptors (Lipinski definition) is 5. The van der Waals surface area contributed by atoms with Crippen LogP contribution >= 0.6 is 11.9 Å². The summed E-state index contributed by atoms with van der Waals surface area (Å²) < 4.78 is 49.0. The lowest BCUT2D eigenvalue weighted by Gasteiger charge is -2.23. The van der Waals surface area contributed by atoms with Crippen LogP contribution < -0.4 is 10.5 Å². The highest BCUT2D eigenvalue weighted by Gasteiger charge is 2.46. The van der Waals surface area contributed by atoms with Crippen LogP contribution in [-0.2, 0) is 17.5 Å². The molecule has 0 bridgehead atoms. The van der Waals surface area contributed by atoms with Crippen molar-refractivity contribution in [3.8, 4) is 0 Å². The molecule has 1 aromatic carbocycles. The van der Waals surface area contributed by atoms with Gasteiger partial charge in [0.25, 0.3) is 5.91 Å². The molecule has 2 aromatic rings. The van der Waals surface area contributed by atoms with Gasteiger partial charge in [-0.05, 0) is 62.3 Å². The Bertz CT molecular complexity index is 921. The van der Waals surface area contributed by atoms with Crippen molar-refractivity contribution in [3.05, 3.63) is 41.2 Å². The van der Waals surface area contributed by atoms with Gasteiger partial charge in [-0.25, -0.2) is 0 Å². The van der Waals surface area contributed by atoms with Crippen molar-refractivity contribution in [2.45, 2.75) is 61.7 Å². The highest BCUT2D eigenvalue weighted by Crippen LogP contribution is 2.46. The second kappa shape index (κ2) is 8.60. The number of nitrogens with zero attached hydrogens (tertiary/aromatic N) is 2. The normalized spacial score (nSPS) is 19.7. The first-order valence-electron chi connectivity index (χ1n) is 9.94. The number of nitrogens with one attached hydrogen (secondary N) is 1. The van der Waals surface area contributed by atoms with Crippen LogP contribution in [0.3, 0.4) is 0 Å². The van der Waals surface area contributed by atoms with Crippen LogP contribution in [0, 0.1) is 0 Å². The summed E-state index contributed by atoms with van der Waals surface area (Å²) >= 11 is 0.991. The minimum absolute atomic E-state index is 0.0327. The third kappa shape index (κ3) is 4.65.